The van der Waals surface area contributed by atoms with Gasteiger partial charge in [0, 0.05) is 0 Å². The molecule has 0 aliphatic heterocycles. The Labute approximate surface area is 136 Å². The van der Waals surface area contributed by atoms with Crippen molar-refractivity contribution in [2.24, 2.45) is 5.41 Å². The predicted molar refractivity (Wildman–Crippen MR) is 98.6 cm³/mol. The third-order valence-corrected chi connectivity index (χ3v) is 4.24. The second-order valence-electron chi connectivity index (χ2n) is 8.11. The fourth-order valence-electron chi connectivity index (χ4n) is 3.20. The summed E-state index contributed by atoms with van der Waals surface area (Å²) in [5, 5.41) is 0. The molecule has 0 nitrogen and oxygen atoms in total. The Bertz CT molecular complexity index is 654. The molecule has 0 N–H and O–H groups in total. The Kier molecular flexibility index (Phi) is 4.80. The highest BCUT2D eigenvalue weighted by molar-refractivity contribution is 5.69. The lowest BCUT2D eigenvalue weighted by Gasteiger charge is -2.19. The van der Waals surface area contributed by atoms with E-state index in [2.05, 4.69) is 84.9 Å². The Balaban J connectivity index is 2.40. The minimum atomic E-state index is 0.336. The smallest absolute Gasteiger partial charge is 0.0154 e. The van der Waals surface area contributed by atoms with Gasteiger partial charge in [0.1, 0.15) is 0 Å². The molecule has 0 aliphatic carbocycles. The van der Waals surface area contributed by atoms with Crippen LogP contribution in [0.15, 0.2) is 36.4 Å². The van der Waals surface area contributed by atoms with Crippen LogP contribution in [0.1, 0.15) is 62.8 Å². The zero-order valence-electron chi connectivity index (χ0n) is 15.2. The molecule has 0 aliphatic rings. The van der Waals surface area contributed by atoms with Gasteiger partial charge >= 0.3 is 0 Å². The van der Waals surface area contributed by atoms with Gasteiger partial charge in [-0.1, -0.05) is 71.0 Å². The van der Waals surface area contributed by atoms with Crippen molar-refractivity contribution in [3.63, 3.8) is 0 Å². The summed E-state index contributed by atoms with van der Waals surface area (Å²) in [5.74, 6) is 0.570. The zero-order valence-corrected chi connectivity index (χ0v) is 15.2. The van der Waals surface area contributed by atoms with Gasteiger partial charge in [0.2, 0.25) is 0 Å². The molecular weight excluding hydrogens is 264 g/mol. The van der Waals surface area contributed by atoms with Crippen LogP contribution < -0.4 is 0 Å². The summed E-state index contributed by atoms with van der Waals surface area (Å²) in [6, 6.07) is 13.8. The Morgan fingerprint density at radius 3 is 2.09 bits per heavy atom. The van der Waals surface area contributed by atoms with Crippen LogP contribution in [0.25, 0.3) is 11.1 Å². The SMILES string of the molecule is Cc1cc(CC(C)(C)C)ccc1-c1ccc(C)c(C(C)C)c1. The van der Waals surface area contributed by atoms with Gasteiger partial charge in [0.15, 0.2) is 0 Å². The van der Waals surface area contributed by atoms with Crippen LogP contribution in [0.5, 0.6) is 0 Å². The van der Waals surface area contributed by atoms with E-state index in [1.807, 2.05) is 0 Å². The maximum absolute atomic E-state index is 2.37. The summed E-state index contributed by atoms with van der Waals surface area (Å²) >= 11 is 0. The van der Waals surface area contributed by atoms with E-state index in [9.17, 15) is 0 Å². The fourth-order valence-corrected chi connectivity index (χ4v) is 3.20. The first kappa shape index (κ1) is 16.8. The van der Waals surface area contributed by atoms with E-state index in [-0.39, 0.29) is 0 Å². The molecule has 0 atom stereocenters. The highest BCUT2D eigenvalue weighted by atomic mass is 14.2. The van der Waals surface area contributed by atoms with E-state index in [1.54, 1.807) is 0 Å². The van der Waals surface area contributed by atoms with Crippen LogP contribution in [0.3, 0.4) is 0 Å². The highest BCUT2D eigenvalue weighted by Gasteiger charge is 2.13. The second-order valence-corrected chi connectivity index (χ2v) is 8.11. The van der Waals surface area contributed by atoms with Gasteiger partial charge in [0.25, 0.3) is 0 Å². The van der Waals surface area contributed by atoms with Gasteiger partial charge in [-0.2, -0.15) is 0 Å². The van der Waals surface area contributed by atoms with Gasteiger partial charge in [-0.05, 0) is 65.0 Å². The average molecular weight is 294 g/mol. The van der Waals surface area contributed by atoms with Gasteiger partial charge in [-0.3, -0.25) is 0 Å². The van der Waals surface area contributed by atoms with Crippen LogP contribution >= 0.6 is 0 Å². The monoisotopic (exact) mass is 294 g/mol. The molecule has 22 heavy (non-hydrogen) atoms. The molecule has 0 heterocycles. The van der Waals surface area contributed by atoms with Crippen molar-refractivity contribution in [1.29, 1.82) is 0 Å². The average Bonchev–Trinajstić information content (AvgIpc) is 2.37. The molecule has 0 bridgehead atoms. The number of rotatable bonds is 3. The summed E-state index contributed by atoms with van der Waals surface area (Å²) in [4.78, 5) is 0. The molecule has 0 unspecified atom stereocenters. The van der Waals surface area contributed by atoms with Gasteiger partial charge in [0.05, 0.1) is 0 Å². The lowest BCUT2D eigenvalue weighted by molar-refractivity contribution is 0.411. The van der Waals surface area contributed by atoms with Crippen LogP contribution in [-0.2, 0) is 6.42 Å². The first-order valence-electron chi connectivity index (χ1n) is 8.38. The van der Waals surface area contributed by atoms with Crippen molar-refractivity contribution in [3.05, 3.63) is 58.7 Å². The Hall–Kier alpha value is -1.56. The molecule has 0 amide bonds. The van der Waals surface area contributed by atoms with Gasteiger partial charge < -0.3 is 0 Å². The third kappa shape index (κ3) is 4.00. The Morgan fingerprint density at radius 1 is 0.864 bits per heavy atom. The number of benzene rings is 2. The summed E-state index contributed by atoms with van der Waals surface area (Å²) in [6.45, 7) is 15.9. The maximum Gasteiger partial charge on any atom is -0.0154 e. The molecule has 2 aromatic carbocycles. The van der Waals surface area contributed by atoms with Gasteiger partial charge in [-0.15, -0.1) is 0 Å². The molecule has 2 rings (SSSR count). The van der Waals surface area contributed by atoms with E-state index in [0.29, 0.717) is 11.3 Å². The van der Waals surface area contributed by atoms with E-state index in [0.717, 1.165) is 6.42 Å². The Morgan fingerprint density at radius 2 is 1.55 bits per heavy atom. The molecule has 2 aromatic rings. The lowest BCUT2D eigenvalue weighted by Crippen LogP contribution is -2.09. The molecule has 0 aromatic heterocycles. The molecular formula is C22H30. The minimum Gasteiger partial charge on any atom is -0.0599 e. The summed E-state index contributed by atoms with van der Waals surface area (Å²) < 4.78 is 0. The predicted octanol–water partition coefficient (Wildman–Crippen LogP) is 6.68. The zero-order chi connectivity index (χ0) is 16.5. The molecule has 0 radical (unpaired) electrons. The molecule has 0 spiro atoms. The fraction of sp³-hybridized carbons (Fsp3) is 0.455. The highest BCUT2D eigenvalue weighted by Crippen LogP contribution is 2.30. The first-order valence-corrected chi connectivity index (χ1v) is 8.38. The second kappa shape index (κ2) is 6.28. The van der Waals surface area contributed by atoms with Crippen LogP contribution in [-0.4, -0.2) is 0 Å². The number of aryl methyl sites for hydroxylation is 2. The molecule has 0 saturated carbocycles. The van der Waals surface area contributed by atoms with Crippen molar-refractivity contribution >= 4 is 0 Å². The van der Waals surface area contributed by atoms with Crippen LogP contribution in [0.4, 0.5) is 0 Å². The van der Waals surface area contributed by atoms with Crippen LogP contribution in [0.2, 0.25) is 0 Å². The van der Waals surface area contributed by atoms with Crippen LogP contribution in [0, 0.1) is 19.3 Å². The van der Waals surface area contributed by atoms with Crippen molar-refractivity contribution in [3.8, 4) is 11.1 Å². The van der Waals surface area contributed by atoms with Crippen molar-refractivity contribution < 1.29 is 0 Å². The topological polar surface area (TPSA) is 0 Å². The quantitative estimate of drug-likeness (QED) is 0.592. The lowest BCUT2D eigenvalue weighted by atomic mass is 9.86. The number of hydrogen-bond acceptors (Lipinski definition) is 0. The van der Waals surface area contributed by atoms with Gasteiger partial charge in [-0.25, -0.2) is 0 Å². The number of hydrogen-bond donors (Lipinski definition) is 0. The first-order chi connectivity index (χ1) is 10.2. The standard InChI is InChI=1S/C22H30/c1-15(2)21-13-19(10-8-16(21)3)20-11-9-18(12-17(20)4)14-22(5,6)7/h8-13,15H,14H2,1-7H3. The largest absolute Gasteiger partial charge is 0.0599 e. The van der Waals surface area contributed by atoms with Crippen molar-refractivity contribution in [1.82, 2.24) is 0 Å². The molecule has 0 heteroatoms. The summed E-state index contributed by atoms with van der Waals surface area (Å²) in [6.07, 6.45) is 1.12. The van der Waals surface area contributed by atoms with Crippen molar-refractivity contribution in [2.75, 3.05) is 0 Å². The normalized spacial score (nSPS) is 12.0. The van der Waals surface area contributed by atoms with E-state index < -0.39 is 0 Å². The maximum atomic E-state index is 2.37. The minimum absolute atomic E-state index is 0.336. The van der Waals surface area contributed by atoms with E-state index in [4.69, 9.17) is 0 Å². The van der Waals surface area contributed by atoms with Crippen molar-refractivity contribution in [2.45, 2.75) is 60.8 Å². The molecule has 118 valence electrons. The third-order valence-electron chi connectivity index (χ3n) is 4.24. The summed E-state index contributed by atoms with van der Waals surface area (Å²) in [7, 11) is 0. The van der Waals surface area contributed by atoms with E-state index >= 15 is 0 Å². The molecule has 0 fully saturated rings. The summed E-state index contributed by atoms with van der Waals surface area (Å²) in [5.41, 5.74) is 8.69. The van der Waals surface area contributed by atoms with E-state index in [1.165, 1.54) is 33.4 Å². The molecule has 0 saturated heterocycles.